The van der Waals surface area contributed by atoms with Gasteiger partial charge in [-0.2, -0.15) is 0 Å². The average Bonchev–Trinajstić information content (AvgIpc) is 3.30. The SMILES string of the molecule is CC/C=C\C/C=C\C/C=C\C/C=C\C/C=C\C/C=C\C/C=C\CCCCCCCCCC(=O)OCC(COC(=O)CCCCCCCC)OC(=O)CCCCCCC/C=C\CCCCC. The Morgan fingerprint density at radius 1 is 0.323 bits per heavy atom. The number of unbranched alkanes of at least 4 members (excludes halogenated alkanes) is 20. The highest BCUT2D eigenvalue weighted by Crippen LogP contribution is 2.14. The van der Waals surface area contributed by atoms with Crippen molar-refractivity contribution >= 4 is 17.9 Å². The summed E-state index contributed by atoms with van der Waals surface area (Å²) in [6.07, 6.45) is 70.0. The van der Waals surface area contributed by atoms with E-state index in [0.717, 1.165) is 122 Å². The molecule has 0 aromatic carbocycles. The highest BCUT2D eigenvalue weighted by Gasteiger charge is 2.19. The highest BCUT2D eigenvalue weighted by molar-refractivity contribution is 5.71. The molecule has 0 bridgehead atoms. The number of carbonyl (C=O) groups excluding carboxylic acids is 3. The minimum absolute atomic E-state index is 0.0844. The van der Waals surface area contributed by atoms with Gasteiger partial charge >= 0.3 is 17.9 Å². The third kappa shape index (κ3) is 51.2. The first-order valence-corrected chi connectivity index (χ1v) is 26.7. The number of allylic oxidation sites excluding steroid dienone is 16. The second kappa shape index (κ2) is 52.9. The standard InChI is InChI=1S/C59H98O6/c1-4-7-10-13-16-18-20-22-23-24-25-26-27-28-29-30-31-32-33-34-35-36-37-38-40-41-43-46-49-52-58(61)64-55-56(54-63-57(60)51-48-45-15-12-9-6-3)65-59(62)53-50-47-44-42-39-21-19-17-14-11-8-5-2/h7,10,16-19,22-23,25-26,28-29,31-32,34-35,56H,4-6,8-9,11-15,20-21,24,27,30,33,36-55H2,1-3H3/b10-7-,18-16-,19-17-,23-22-,26-25-,29-28-,32-31-,35-34-. The van der Waals surface area contributed by atoms with E-state index >= 15 is 0 Å². The smallest absolute Gasteiger partial charge is 0.306 e. The van der Waals surface area contributed by atoms with Crippen LogP contribution in [0.3, 0.4) is 0 Å². The lowest BCUT2D eigenvalue weighted by Crippen LogP contribution is -2.30. The van der Waals surface area contributed by atoms with Crippen LogP contribution in [0.15, 0.2) is 97.2 Å². The molecule has 0 spiro atoms. The summed E-state index contributed by atoms with van der Waals surface area (Å²) in [6.45, 7) is 6.41. The van der Waals surface area contributed by atoms with E-state index in [1.54, 1.807) is 0 Å². The first-order chi connectivity index (χ1) is 32.0. The molecule has 6 nitrogen and oxygen atoms in total. The van der Waals surface area contributed by atoms with E-state index in [-0.39, 0.29) is 31.1 Å². The molecule has 0 aliphatic carbocycles. The summed E-state index contributed by atoms with van der Waals surface area (Å²) in [5.74, 6) is -0.918. The largest absolute Gasteiger partial charge is 0.462 e. The lowest BCUT2D eigenvalue weighted by atomic mass is 10.1. The number of rotatable bonds is 47. The predicted molar refractivity (Wildman–Crippen MR) is 279 cm³/mol. The molecule has 0 aliphatic rings. The minimum Gasteiger partial charge on any atom is -0.462 e. The molecule has 0 aromatic heterocycles. The van der Waals surface area contributed by atoms with Crippen molar-refractivity contribution in [3.05, 3.63) is 97.2 Å². The zero-order chi connectivity index (χ0) is 47.2. The van der Waals surface area contributed by atoms with Gasteiger partial charge in [0.05, 0.1) is 0 Å². The van der Waals surface area contributed by atoms with E-state index in [4.69, 9.17) is 14.2 Å². The summed E-state index contributed by atoms with van der Waals surface area (Å²) in [5, 5.41) is 0. The predicted octanol–water partition coefficient (Wildman–Crippen LogP) is 17.8. The van der Waals surface area contributed by atoms with Crippen molar-refractivity contribution in [3.63, 3.8) is 0 Å². The van der Waals surface area contributed by atoms with Crippen molar-refractivity contribution in [2.24, 2.45) is 0 Å². The van der Waals surface area contributed by atoms with Crippen molar-refractivity contribution in [2.45, 2.75) is 245 Å². The van der Waals surface area contributed by atoms with E-state index in [2.05, 4.69) is 118 Å². The second-order valence-corrected chi connectivity index (χ2v) is 17.4. The molecule has 0 aliphatic heterocycles. The monoisotopic (exact) mass is 903 g/mol. The summed E-state index contributed by atoms with van der Waals surface area (Å²) in [6, 6.07) is 0. The van der Waals surface area contributed by atoms with Crippen LogP contribution in [0, 0.1) is 0 Å². The quantitative estimate of drug-likeness (QED) is 0.0262. The maximum absolute atomic E-state index is 12.7. The lowest BCUT2D eigenvalue weighted by molar-refractivity contribution is -0.167. The Balaban J connectivity index is 4.14. The fourth-order valence-electron chi connectivity index (χ4n) is 7.06. The minimum atomic E-state index is -0.782. The second-order valence-electron chi connectivity index (χ2n) is 17.4. The zero-order valence-corrected chi connectivity index (χ0v) is 42.2. The fourth-order valence-corrected chi connectivity index (χ4v) is 7.06. The molecule has 0 heterocycles. The normalized spacial score (nSPS) is 12.8. The van der Waals surface area contributed by atoms with Gasteiger partial charge in [-0.25, -0.2) is 0 Å². The zero-order valence-electron chi connectivity index (χ0n) is 42.2. The summed E-state index contributed by atoms with van der Waals surface area (Å²) < 4.78 is 16.7. The third-order valence-electron chi connectivity index (χ3n) is 11.1. The van der Waals surface area contributed by atoms with E-state index in [1.807, 2.05) is 0 Å². The van der Waals surface area contributed by atoms with Gasteiger partial charge < -0.3 is 14.2 Å². The van der Waals surface area contributed by atoms with Crippen molar-refractivity contribution in [1.29, 1.82) is 0 Å². The number of hydrogen-bond donors (Lipinski definition) is 0. The third-order valence-corrected chi connectivity index (χ3v) is 11.1. The molecule has 6 heteroatoms. The molecule has 0 rings (SSSR count). The van der Waals surface area contributed by atoms with Crippen molar-refractivity contribution in [2.75, 3.05) is 13.2 Å². The summed E-state index contributed by atoms with van der Waals surface area (Å²) in [4.78, 5) is 37.7. The van der Waals surface area contributed by atoms with E-state index in [9.17, 15) is 14.4 Å². The van der Waals surface area contributed by atoms with Crippen LogP contribution in [0.1, 0.15) is 239 Å². The van der Waals surface area contributed by atoms with Gasteiger partial charge in [0.2, 0.25) is 0 Å². The first kappa shape index (κ1) is 61.3. The molecular weight excluding hydrogens is 805 g/mol. The van der Waals surface area contributed by atoms with E-state index < -0.39 is 6.10 Å². The van der Waals surface area contributed by atoms with Gasteiger partial charge in [0, 0.05) is 19.3 Å². The van der Waals surface area contributed by atoms with Gasteiger partial charge in [0.1, 0.15) is 13.2 Å². The van der Waals surface area contributed by atoms with Crippen molar-refractivity contribution in [3.8, 4) is 0 Å². The molecule has 0 saturated heterocycles. The van der Waals surface area contributed by atoms with E-state index in [1.165, 1.54) is 77.0 Å². The molecule has 0 N–H and O–H groups in total. The molecule has 0 aromatic rings. The summed E-state index contributed by atoms with van der Waals surface area (Å²) in [7, 11) is 0. The first-order valence-electron chi connectivity index (χ1n) is 26.7. The van der Waals surface area contributed by atoms with Crippen LogP contribution < -0.4 is 0 Å². The Hall–Kier alpha value is -3.67. The van der Waals surface area contributed by atoms with Crippen molar-refractivity contribution < 1.29 is 28.6 Å². The van der Waals surface area contributed by atoms with Crippen LogP contribution in [-0.4, -0.2) is 37.2 Å². The van der Waals surface area contributed by atoms with E-state index in [0.29, 0.717) is 19.3 Å². The van der Waals surface area contributed by atoms with Crippen LogP contribution in [0.25, 0.3) is 0 Å². The molecule has 65 heavy (non-hydrogen) atoms. The average molecular weight is 903 g/mol. The van der Waals surface area contributed by atoms with Crippen LogP contribution >= 0.6 is 0 Å². The number of hydrogen-bond acceptors (Lipinski definition) is 6. The topological polar surface area (TPSA) is 78.9 Å². The molecular formula is C59H98O6. The molecule has 370 valence electrons. The molecule has 0 saturated carbocycles. The number of ether oxygens (including phenoxy) is 3. The van der Waals surface area contributed by atoms with Gasteiger partial charge in [0.25, 0.3) is 0 Å². The van der Waals surface area contributed by atoms with Crippen LogP contribution in [-0.2, 0) is 28.6 Å². The molecule has 1 atom stereocenters. The maximum atomic E-state index is 12.7. The Bertz CT molecular complexity index is 1310. The number of carbonyl (C=O) groups is 3. The van der Waals surface area contributed by atoms with Crippen LogP contribution in [0.5, 0.6) is 0 Å². The Morgan fingerprint density at radius 2 is 0.600 bits per heavy atom. The molecule has 0 fully saturated rings. The Morgan fingerprint density at radius 3 is 0.985 bits per heavy atom. The molecule has 0 radical (unpaired) electrons. The van der Waals surface area contributed by atoms with Gasteiger partial charge in [-0.15, -0.1) is 0 Å². The van der Waals surface area contributed by atoms with Crippen LogP contribution in [0.4, 0.5) is 0 Å². The van der Waals surface area contributed by atoms with Crippen molar-refractivity contribution in [1.82, 2.24) is 0 Å². The van der Waals surface area contributed by atoms with Gasteiger partial charge in [-0.1, -0.05) is 214 Å². The lowest BCUT2D eigenvalue weighted by Gasteiger charge is -2.18. The Labute approximate surface area is 400 Å². The van der Waals surface area contributed by atoms with Gasteiger partial charge in [-0.3, -0.25) is 14.4 Å². The highest BCUT2D eigenvalue weighted by atomic mass is 16.6. The number of esters is 3. The maximum Gasteiger partial charge on any atom is 0.306 e. The van der Waals surface area contributed by atoms with Crippen LogP contribution in [0.2, 0.25) is 0 Å². The Kier molecular flexibility index (Phi) is 50.0. The summed E-state index contributed by atoms with van der Waals surface area (Å²) >= 11 is 0. The summed E-state index contributed by atoms with van der Waals surface area (Å²) in [5.41, 5.74) is 0. The molecule has 1 unspecified atom stereocenters. The molecule has 0 amide bonds. The fraction of sp³-hybridized carbons (Fsp3) is 0.678. The van der Waals surface area contributed by atoms with Gasteiger partial charge in [0.15, 0.2) is 6.10 Å². The van der Waals surface area contributed by atoms with Gasteiger partial charge in [-0.05, 0) is 103 Å².